The Kier molecular flexibility index (Phi) is 9.36. The van der Waals surface area contributed by atoms with Crippen LogP contribution in [0.15, 0.2) is 24.3 Å². The molecule has 34 heavy (non-hydrogen) atoms. The quantitative estimate of drug-likeness (QED) is 0.408. The number of methoxy groups -OCH3 is 1. The third kappa shape index (κ3) is 7.44. The zero-order valence-electron chi connectivity index (χ0n) is 19.4. The topological polar surface area (TPSA) is 153 Å². The van der Waals surface area contributed by atoms with Crippen LogP contribution in [-0.4, -0.2) is 74.1 Å². The summed E-state index contributed by atoms with van der Waals surface area (Å²) in [6.45, 7) is 4.11. The molecule has 1 aromatic carbocycles. The van der Waals surface area contributed by atoms with Gasteiger partial charge in [0.25, 0.3) is 5.91 Å². The van der Waals surface area contributed by atoms with Crippen molar-refractivity contribution in [2.75, 3.05) is 13.7 Å². The number of ether oxygens (including phenoxy) is 6. The Bertz CT molecular complexity index is 914. The molecule has 1 heterocycles. The Labute approximate surface area is 195 Å². The summed E-state index contributed by atoms with van der Waals surface area (Å²) in [7, 11) is 1.48. The summed E-state index contributed by atoms with van der Waals surface area (Å²) in [5.74, 6) is -3.01. The molecule has 1 aromatic rings. The number of hydrogen-bond acceptors (Lipinski definition) is 11. The molecule has 0 saturated carbocycles. The van der Waals surface area contributed by atoms with Crippen LogP contribution in [0.5, 0.6) is 5.75 Å². The second-order valence-corrected chi connectivity index (χ2v) is 7.33. The number of benzene rings is 1. The van der Waals surface area contributed by atoms with Gasteiger partial charge in [0.05, 0.1) is 7.11 Å². The third-order valence-electron chi connectivity index (χ3n) is 4.63. The van der Waals surface area contributed by atoms with Crippen LogP contribution in [0.4, 0.5) is 0 Å². The number of carbonyl (C=O) groups excluding carboxylic acids is 5. The van der Waals surface area contributed by atoms with Crippen molar-refractivity contribution in [3.63, 3.8) is 0 Å². The first-order valence-electron chi connectivity index (χ1n) is 10.3. The SMILES string of the molecule is COc1ccc(C(=O)N[C@@H]2[C@H](OC(C)=O)O[C@H](COC(C)=O)[C@@H](OC(C)=O)[C@@H]2OC(C)=O)cc1. The normalized spacial score (nSPS) is 23.7. The van der Waals surface area contributed by atoms with E-state index in [0.29, 0.717) is 5.75 Å². The van der Waals surface area contributed by atoms with Crippen molar-refractivity contribution in [1.29, 1.82) is 0 Å². The number of rotatable bonds is 8. The fourth-order valence-electron chi connectivity index (χ4n) is 3.30. The van der Waals surface area contributed by atoms with E-state index in [-0.39, 0.29) is 5.56 Å². The van der Waals surface area contributed by atoms with E-state index in [1.165, 1.54) is 19.2 Å². The summed E-state index contributed by atoms with van der Waals surface area (Å²) in [5, 5.41) is 2.61. The largest absolute Gasteiger partial charge is 0.497 e. The van der Waals surface area contributed by atoms with Crippen molar-refractivity contribution in [2.45, 2.75) is 58.3 Å². The summed E-state index contributed by atoms with van der Waals surface area (Å²) < 4.78 is 31.7. The molecule has 1 fully saturated rings. The molecule has 1 saturated heterocycles. The lowest BCUT2D eigenvalue weighted by molar-refractivity contribution is -0.270. The third-order valence-corrected chi connectivity index (χ3v) is 4.63. The van der Waals surface area contributed by atoms with Gasteiger partial charge < -0.3 is 33.7 Å². The lowest BCUT2D eigenvalue weighted by Gasteiger charge is -2.44. The molecular formula is C22H27NO11. The maximum absolute atomic E-state index is 12.9. The number of nitrogens with one attached hydrogen (secondary N) is 1. The predicted molar refractivity (Wildman–Crippen MR) is 112 cm³/mol. The smallest absolute Gasteiger partial charge is 0.305 e. The number of carbonyl (C=O) groups is 5. The minimum absolute atomic E-state index is 0.218. The van der Waals surface area contributed by atoms with Crippen molar-refractivity contribution in [2.24, 2.45) is 0 Å². The molecule has 1 aliphatic heterocycles. The zero-order chi connectivity index (χ0) is 25.4. The van der Waals surface area contributed by atoms with Gasteiger partial charge in [0, 0.05) is 33.3 Å². The molecule has 1 amide bonds. The maximum Gasteiger partial charge on any atom is 0.305 e. The molecule has 2 rings (SSSR count). The Morgan fingerprint density at radius 1 is 0.824 bits per heavy atom. The standard InChI is InChI=1S/C22H27NO11/c1-11(24)30-10-17-19(31-12(2)25)20(32-13(3)26)18(22(34-17)33-14(4)27)23-21(28)15-6-8-16(29-5)9-7-15/h6-9,17-20,22H,10H2,1-5H3,(H,23,28)/t17-,18+,19-,20-,22-/m1/s1. The van der Waals surface area contributed by atoms with Gasteiger partial charge in [0.15, 0.2) is 12.2 Å². The first-order chi connectivity index (χ1) is 16.0. The van der Waals surface area contributed by atoms with Crippen LogP contribution in [-0.2, 0) is 42.9 Å². The highest BCUT2D eigenvalue weighted by Crippen LogP contribution is 2.28. The van der Waals surface area contributed by atoms with Crippen molar-refractivity contribution in [3.8, 4) is 5.75 Å². The molecule has 0 aliphatic carbocycles. The first-order valence-corrected chi connectivity index (χ1v) is 10.3. The van der Waals surface area contributed by atoms with Crippen LogP contribution in [0, 0.1) is 0 Å². The molecule has 0 bridgehead atoms. The lowest BCUT2D eigenvalue weighted by atomic mass is 9.95. The van der Waals surface area contributed by atoms with Crippen molar-refractivity contribution < 1.29 is 52.4 Å². The molecule has 0 radical (unpaired) electrons. The number of hydrogen-bond donors (Lipinski definition) is 1. The zero-order valence-corrected chi connectivity index (χ0v) is 19.4. The summed E-state index contributed by atoms with van der Waals surface area (Å²) >= 11 is 0. The fraction of sp³-hybridized carbons (Fsp3) is 0.500. The monoisotopic (exact) mass is 481 g/mol. The summed E-state index contributed by atoms with van der Waals surface area (Å²) in [5.41, 5.74) is 0.218. The van der Waals surface area contributed by atoms with Gasteiger partial charge in [-0.3, -0.25) is 24.0 Å². The molecule has 12 heteroatoms. The molecular weight excluding hydrogens is 454 g/mol. The molecule has 1 aliphatic rings. The van der Waals surface area contributed by atoms with E-state index in [4.69, 9.17) is 28.4 Å². The van der Waals surface area contributed by atoms with Crippen LogP contribution in [0.2, 0.25) is 0 Å². The van der Waals surface area contributed by atoms with Gasteiger partial charge in [-0.15, -0.1) is 0 Å². The Morgan fingerprint density at radius 2 is 1.38 bits per heavy atom. The minimum atomic E-state index is -1.46. The van der Waals surface area contributed by atoms with Gasteiger partial charge in [-0.05, 0) is 24.3 Å². The highest BCUT2D eigenvalue weighted by Gasteiger charge is 2.52. The van der Waals surface area contributed by atoms with Crippen LogP contribution >= 0.6 is 0 Å². The second-order valence-electron chi connectivity index (χ2n) is 7.33. The summed E-state index contributed by atoms with van der Waals surface area (Å²) in [6, 6.07) is 4.84. The minimum Gasteiger partial charge on any atom is -0.497 e. The Morgan fingerprint density at radius 3 is 1.88 bits per heavy atom. The van der Waals surface area contributed by atoms with E-state index >= 15 is 0 Å². The molecule has 186 valence electrons. The summed E-state index contributed by atoms with van der Waals surface area (Å²) in [6.07, 6.45) is -5.27. The van der Waals surface area contributed by atoms with Gasteiger partial charge in [-0.2, -0.15) is 0 Å². The van der Waals surface area contributed by atoms with Crippen LogP contribution < -0.4 is 10.1 Å². The average molecular weight is 481 g/mol. The van der Waals surface area contributed by atoms with Gasteiger partial charge in [0.2, 0.25) is 6.29 Å². The lowest BCUT2D eigenvalue weighted by Crippen LogP contribution is -2.67. The van der Waals surface area contributed by atoms with Crippen LogP contribution in [0.3, 0.4) is 0 Å². The van der Waals surface area contributed by atoms with Gasteiger partial charge >= 0.3 is 23.9 Å². The molecule has 0 spiro atoms. The molecule has 1 N–H and O–H groups in total. The van der Waals surface area contributed by atoms with Crippen molar-refractivity contribution in [1.82, 2.24) is 5.32 Å². The van der Waals surface area contributed by atoms with E-state index in [9.17, 15) is 24.0 Å². The van der Waals surface area contributed by atoms with Crippen molar-refractivity contribution in [3.05, 3.63) is 29.8 Å². The Balaban J connectivity index is 2.43. The van der Waals surface area contributed by atoms with Crippen LogP contribution in [0.25, 0.3) is 0 Å². The second kappa shape index (κ2) is 12.0. The van der Waals surface area contributed by atoms with Crippen molar-refractivity contribution >= 4 is 29.8 Å². The fourth-order valence-corrected chi connectivity index (χ4v) is 3.30. The first kappa shape index (κ1) is 26.6. The maximum atomic E-state index is 12.9. The van der Waals surface area contributed by atoms with Crippen LogP contribution in [0.1, 0.15) is 38.1 Å². The highest BCUT2D eigenvalue weighted by molar-refractivity contribution is 5.94. The van der Waals surface area contributed by atoms with E-state index in [1.807, 2.05) is 0 Å². The van der Waals surface area contributed by atoms with E-state index in [2.05, 4.69) is 5.32 Å². The molecule has 0 aromatic heterocycles. The average Bonchev–Trinajstić information content (AvgIpc) is 2.75. The molecule has 5 atom stereocenters. The van der Waals surface area contributed by atoms with E-state index in [0.717, 1.165) is 27.7 Å². The summed E-state index contributed by atoms with van der Waals surface area (Å²) in [4.78, 5) is 59.7. The van der Waals surface area contributed by atoms with Gasteiger partial charge in [0.1, 0.15) is 24.5 Å². The number of esters is 4. The van der Waals surface area contributed by atoms with E-state index in [1.54, 1.807) is 12.1 Å². The molecule has 12 nitrogen and oxygen atoms in total. The van der Waals surface area contributed by atoms with Gasteiger partial charge in [-0.25, -0.2) is 0 Å². The predicted octanol–water partition coefficient (Wildman–Crippen LogP) is 0.508. The molecule has 0 unspecified atom stereocenters. The van der Waals surface area contributed by atoms with Gasteiger partial charge in [-0.1, -0.05) is 0 Å². The Hall–Kier alpha value is -3.67. The highest BCUT2D eigenvalue weighted by atomic mass is 16.7. The van der Waals surface area contributed by atoms with E-state index < -0.39 is 67.0 Å². The number of amides is 1.